The summed E-state index contributed by atoms with van der Waals surface area (Å²) >= 11 is 6.15. The van der Waals surface area contributed by atoms with E-state index in [1.807, 2.05) is 18.2 Å². The number of nitrogens with one attached hydrogen (secondary N) is 1. The van der Waals surface area contributed by atoms with Crippen LogP contribution in [0.4, 0.5) is 5.69 Å². The van der Waals surface area contributed by atoms with Crippen LogP contribution in [-0.2, 0) is 21.2 Å². The summed E-state index contributed by atoms with van der Waals surface area (Å²) in [4.78, 5) is 13.1. The third-order valence-corrected chi connectivity index (χ3v) is 6.87. The number of nitrogens with two attached hydrogens (primary N) is 1. The van der Waals surface area contributed by atoms with Crippen LogP contribution in [0.2, 0.25) is 5.02 Å². The zero-order valence-corrected chi connectivity index (χ0v) is 20.7. The van der Waals surface area contributed by atoms with E-state index in [4.69, 9.17) is 17.4 Å². The molecule has 0 radical (unpaired) electrons. The number of anilines is 1. The van der Waals surface area contributed by atoms with E-state index in [-0.39, 0.29) is 6.42 Å². The van der Waals surface area contributed by atoms with Gasteiger partial charge in [-0.2, -0.15) is 10.4 Å². The lowest BCUT2D eigenvalue weighted by Crippen LogP contribution is -2.44. The van der Waals surface area contributed by atoms with Gasteiger partial charge in [-0.1, -0.05) is 60.1 Å². The number of rotatable bonds is 8. The molecule has 3 rings (SSSR count). The number of carbonyl (C=O) groups is 1. The van der Waals surface area contributed by atoms with Crippen LogP contribution >= 0.6 is 11.6 Å². The van der Waals surface area contributed by atoms with Crippen LogP contribution in [0.15, 0.2) is 71.8 Å². The molecule has 0 bridgehead atoms. The molecule has 10 heteroatoms. The molecule has 3 N–H and O–H groups in total. The molecule has 8 nitrogen and oxygen atoms in total. The summed E-state index contributed by atoms with van der Waals surface area (Å²) < 4.78 is 24.8. The standard InChI is InChI=1S/C25H24ClN5O3S/c1-31(35(2,33)34)25(32)24(14-17-5-3-6-18(13-17)16-29-28)30-20-11-9-19(10-12-20)21-7-4-8-23(26)22(21)15-27/h3-13,16,24,30H,14,28H2,1-2H3/t24-/m0/s1. The van der Waals surface area contributed by atoms with E-state index in [2.05, 4.69) is 16.5 Å². The highest BCUT2D eigenvalue weighted by Gasteiger charge is 2.27. The molecule has 0 saturated heterocycles. The van der Waals surface area contributed by atoms with Gasteiger partial charge in [-0.25, -0.2) is 12.7 Å². The fourth-order valence-corrected chi connectivity index (χ4v) is 4.20. The first kappa shape index (κ1) is 25.7. The highest BCUT2D eigenvalue weighted by atomic mass is 35.5. The number of nitriles is 1. The van der Waals surface area contributed by atoms with E-state index in [0.717, 1.165) is 27.3 Å². The zero-order chi connectivity index (χ0) is 25.6. The van der Waals surface area contributed by atoms with Crippen molar-refractivity contribution in [3.8, 4) is 17.2 Å². The van der Waals surface area contributed by atoms with Crippen molar-refractivity contribution in [2.75, 3.05) is 18.6 Å². The molecule has 0 fully saturated rings. The Bertz CT molecular complexity index is 1400. The number of hydrogen-bond donors (Lipinski definition) is 2. The average molecular weight is 510 g/mol. The third kappa shape index (κ3) is 6.38. The maximum Gasteiger partial charge on any atom is 0.258 e. The van der Waals surface area contributed by atoms with Crippen molar-refractivity contribution in [3.63, 3.8) is 0 Å². The predicted molar refractivity (Wildman–Crippen MR) is 139 cm³/mol. The van der Waals surface area contributed by atoms with Crippen molar-refractivity contribution < 1.29 is 13.2 Å². The first-order chi connectivity index (χ1) is 16.6. The van der Waals surface area contributed by atoms with Crippen molar-refractivity contribution in [2.24, 2.45) is 10.9 Å². The summed E-state index contributed by atoms with van der Waals surface area (Å²) in [5.74, 6) is 4.63. The number of amides is 1. The quantitative estimate of drug-likeness (QED) is 0.271. The number of nitrogens with zero attached hydrogens (tertiary/aromatic N) is 3. The first-order valence-corrected chi connectivity index (χ1v) is 12.7. The lowest BCUT2D eigenvalue weighted by Gasteiger charge is -2.24. The summed E-state index contributed by atoms with van der Waals surface area (Å²) in [6, 6.07) is 20.9. The molecule has 1 amide bonds. The molecule has 3 aromatic carbocycles. The molecule has 0 aliphatic carbocycles. The number of carbonyl (C=O) groups excluding carboxylic acids is 1. The van der Waals surface area contributed by atoms with Crippen molar-refractivity contribution in [1.82, 2.24) is 4.31 Å². The van der Waals surface area contributed by atoms with Crippen LogP contribution in [0.1, 0.15) is 16.7 Å². The number of likely N-dealkylation sites (N-methyl/N-ethyl adjacent to an activating group) is 1. The summed E-state index contributed by atoms with van der Waals surface area (Å²) in [6.45, 7) is 0. The van der Waals surface area contributed by atoms with Gasteiger partial charge in [0.1, 0.15) is 12.1 Å². The van der Waals surface area contributed by atoms with Crippen LogP contribution < -0.4 is 11.2 Å². The maximum absolute atomic E-state index is 13.1. The van der Waals surface area contributed by atoms with Crippen LogP contribution in [0.5, 0.6) is 0 Å². The Hall–Kier alpha value is -3.87. The second kappa shape index (κ2) is 11.0. The van der Waals surface area contributed by atoms with Gasteiger partial charge in [0.05, 0.1) is 23.1 Å². The van der Waals surface area contributed by atoms with Gasteiger partial charge < -0.3 is 11.2 Å². The summed E-state index contributed by atoms with van der Waals surface area (Å²) in [5, 5.41) is 16.5. The normalized spacial score (nSPS) is 12.2. The van der Waals surface area contributed by atoms with Crippen LogP contribution in [0.25, 0.3) is 11.1 Å². The number of sulfonamides is 1. The Morgan fingerprint density at radius 3 is 2.51 bits per heavy atom. The Morgan fingerprint density at radius 1 is 1.20 bits per heavy atom. The van der Waals surface area contributed by atoms with E-state index in [9.17, 15) is 18.5 Å². The minimum atomic E-state index is -3.74. The third-order valence-electron chi connectivity index (χ3n) is 5.38. The summed E-state index contributed by atoms with van der Waals surface area (Å²) in [5.41, 5.74) is 4.00. The average Bonchev–Trinajstić information content (AvgIpc) is 2.83. The molecule has 0 aromatic heterocycles. The van der Waals surface area contributed by atoms with Crippen molar-refractivity contribution in [1.29, 1.82) is 5.26 Å². The van der Waals surface area contributed by atoms with E-state index < -0.39 is 22.0 Å². The number of benzene rings is 3. The van der Waals surface area contributed by atoms with Gasteiger partial charge in [0, 0.05) is 24.7 Å². The molecule has 1 atom stereocenters. The Balaban J connectivity index is 1.91. The van der Waals surface area contributed by atoms with Crippen molar-refractivity contribution in [3.05, 3.63) is 88.4 Å². The van der Waals surface area contributed by atoms with Gasteiger partial charge in [0.15, 0.2) is 0 Å². The van der Waals surface area contributed by atoms with Crippen LogP contribution in [0, 0.1) is 11.3 Å². The molecule has 0 spiro atoms. The predicted octanol–water partition coefficient (Wildman–Crippen LogP) is 3.61. The van der Waals surface area contributed by atoms with E-state index in [1.165, 1.54) is 13.3 Å². The molecule has 0 saturated carbocycles. The number of hydrogen-bond acceptors (Lipinski definition) is 7. The number of hydrazone groups is 1. The smallest absolute Gasteiger partial charge is 0.258 e. The van der Waals surface area contributed by atoms with E-state index >= 15 is 0 Å². The number of halogens is 1. The minimum Gasteiger partial charge on any atom is -0.373 e. The summed E-state index contributed by atoms with van der Waals surface area (Å²) in [6.07, 6.45) is 2.69. The molecule has 3 aromatic rings. The molecule has 0 heterocycles. The second-order valence-electron chi connectivity index (χ2n) is 7.84. The van der Waals surface area contributed by atoms with Gasteiger partial charge in [0.25, 0.3) is 5.91 Å². The largest absolute Gasteiger partial charge is 0.373 e. The van der Waals surface area contributed by atoms with E-state index in [1.54, 1.807) is 48.5 Å². The second-order valence-corrected chi connectivity index (χ2v) is 10.3. The lowest BCUT2D eigenvalue weighted by atomic mass is 9.99. The molecule has 180 valence electrons. The van der Waals surface area contributed by atoms with Crippen LogP contribution in [-0.4, -0.2) is 44.2 Å². The Kier molecular flexibility index (Phi) is 8.12. The SMILES string of the molecule is CN(C(=O)[C@H](Cc1cccc(C=NN)c1)Nc1ccc(-c2cccc(Cl)c2C#N)cc1)S(C)(=O)=O. The van der Waals surface area contributed by atoms with Gasteiger partial charge >= 0.3 is 0 Å². The lowest BCUT2D eigenvalue weighted by molar-refractivity contribution is -0.126. The van der Waals surface area contributed by atoms with Gasteiger partial charge in [-0.05, 0) is 34.9 Å². The molecule has 0 aliphatic rings. The monoisotopic (exact) mass is 509 g/mol. The van der Waals surface area contributed by atoms with E-state index in [0.29, 0.717) is 21.8 Å². The van der Waals surface area contributed by atoms with Crippen molar-refractivity contribution >= 4 is 39.4 Å². The maximum atomic E-state index is 13.1. The first-order valence-electron chi connectivity index (χ1n) is 10.5. The Morgan fingerprint density at radius 2 is 1.89 bits per heavy atom. The van der Waals surface area contributed by atoms with Gasteiger partial charge in [-0.15, -0.1) is 0 Å². The molecule has 0 aliphatic heterocycles. The fourth-order valence-electron chi connectivity index (χ4n) is 3.53. The molecular formula is C25H24ClN5O3S. The highest BCUT2D eigenvalue weighted by Crippen LogP contribution is 2.29. The fraction of sp³-hybridized carbons (Fsp3) is 0.160. The van der Waals surface area contributed by atoms with Crippen molar-refractivity contribution in [2.45, 2.75) is 12.5 Å². The van der Waals surface area contributed by atoms with Crippen LogP contribution in [0.3, 0.4) is 0 Å². The molecular weight excluding hydrogens is 486 g/mol. The highest BCUT2D eigenvalue weighted by molar-refractivity contribution is 7.88. The van der Waals surface area contributed by atoms with Gasteiger partial charge in [0.2, 0.25) is 10.0 Å². The Labute approximate surface area is 209 Å². The van der Waals surface area contributed by atoms with Gasteiger partial charge in [-0.3, -0.25) is 4.79 Å². The zero-order valence-electron chi connectivity index (χ0n) is 19.1. The summed E-state index contributed by atoms with van der Waals surface area (Å²) in [7, 11) is -2.51. The molecule has 35 heavy (non-hydrogen) atoms. The molecule has 0 unspecified atom stereocenters. The topological polar surface area (TPSA) is 129 Å². The minimum absolute atomic E-state index is 0.222.